The summed E-state index contributed by atoms with van der Waals surface area (Å²) < 4.78 is 18.4. The zero-order valence-electron chi connectivity index (χ0n) is 18.7. The number of benzene rings is 2. The molecule has 168 valence electrons. The van der Waals surface area contributed by atoms with Crippen molar-refractivity contribution in [2.45, 2.75) is 38.5 Å². The van der Waals surface area contributed by atoms with Gasteiger partial charge in [0.15, 0.2) is 0 Å². The first-order valence-corrected chi connectivity index (χ1v) is 11.4. The predicted molar refractivity (Wildman–Crippen MR) is 121 cm³/mol. The molecule has 0 aromatic heterocycles. The topological polar surface area (TPSA) is 51.2 Å². The van der Waals surface area contributed by atoms with Gasteiger partial charge in [-0.2, -0.15) is 0 Å². The van der Waals surface area contributed by atoms with Gasteiger partial charge in [-0.1, -0.05) is 56.3 Å². The third-order valence-electron chi connectivity index (χ3n) is 6.52. The number of rotatable bonds is 7. The summed E-state index contributed by atoms with van der Waals surface area (Å²) in [5.74, 6) is 1.75. The van der Waals surface area contributed by atoms with Crippen molar-refractivity contribution in [2.24, 2.45) is 11.8 Å². The highest BCUT2D eigenvalue weighted by atomic mass is 16.6. The van der Waals surface area contributed by atoms with Crippen LogP contribution in [0.3, 0.4) is 0 Å². The lowest BCUT2D eigenvalue weighted by Crippen LogP contribution is -2.58. The van der Waals surface area contributed by atoms with Crippen molar-refractivity contribution in [1.82, 2.24) is 4.90 Å². The monoisotopic (exact) mass is 425 g/mol. The highest BCUT2D eigenvalue weighted by molar-refractivity contribution is 5.27. The molecular weight excluding hydrogens is 390 g/mol. The fourth-order valence-corrected chi connectivity index (χ4v) is 4.91. The van der Waals surface area contributed by atoms with Crippen LogP contribution in [0.15, 0.2) is 54.6 Å². The minimum atomic E-state index is -0.233. The fourth-order valence-electron chi connectivity index (χ4n) is 4.91. The highest BCUT2D eigenvalue weighted by Crippen LogP contribution is 2.44. The summed E-state index contributed by atoms with van der Waals surface area (Å²) in [5, 5.41) is 8.90. The molecule has 0 aliphatic carbocycles. The number of ether oxygens (including phenoxy) is 3. The number of hydrogen-bond donors (Lipinski definition) is 1. The Kier molecular flexibility index (Phi) is 7.28. The summed E-state index contributed by atoms with van der Waals surface area (Å²) in [6, 6.07) is 18.8. The van der Waals surface area contributed by atoms with E-state index in [0.717, 1.165) is 38.4 Å². The van der Waals surface area contributed by atoms with E-state index in [1.54, 1.807) is 0 Å². The molecule has 1 spiro atoms. The van der Waals surface area contributed by atoms with Gasteiger partial charge >= 0.3 is 0 Å². The first-order chi connectivity index (χ1) is 15.1. The van der Waals surface area contributed by atoms with Crippen molar-refractivity contribution in [3.8, 4) is 5.75 Å². The summed E-state index contributed by atoms with van der Waals surface area (Å²) in [6.07, 6.45) is 1.16. The number of aliphatic hydroxyl groups is 1. The van der Waals surface area contributed by atoms with Gasteiger partial charge in [-0.05, 0) is 41.5 Å². The van der Waals surface area contributed by atoms with Crippen LogP contribution in [0.4, 0.5) is 0 Å². The summed E-state index contributed by atoms with van der Waals surface area (Å²) in [5.41, 5.74) is 2.29. The predicted octanol–water partition coefficient (Wildman–Crippen LogP) is 4.06. The van der Waals surface area contributed by atoms with E-state index >= 15 is 0 Å². The van der Waals surface area contributed by atoms with E-state index in [-0.39, 0.29) is 18.3 Å². The van der Waals surface area contributed by atoms with E-state index in [9.17, 15) is 0 Å². The maximum atomic E-state index is 8.90. The van der Waals surface area contributed by atoms with Crippen LogP contribution in [0.1, 0.15) is 37.5 Å². The molecule has 5 heteroatoms. The SMILES string of the molecule is CC(C)[C@@H]1C[C@@]2(CO[C@H]1c1ccccc1)CN(Cc1ccc(OCCO)cc1)CCO2. The van der Waals surface area contributed by atoms with Gasteiger partial charge in [0.2, 0.25) is 0 Å². The van der Waals surface area contributed by atoms with Crippen LogP contribution < -0.4 is 4.74 Å². The van der Waals surface area contributed by atoms with Crippen molar-refractivity contribution in [3.63, 3.8) is 0 Å². The molecule has 2 fully saturated rings. The van der Waals surface area contributed by atoms with Crippen LogP contribution in [-0.4, -0.2) is 55.1 Å². The third-order valence-corrected chi connectivity index (χ3v) is 6.52. The third kappa shape index (κ3) is 5.47. The summed E-state index contributed by atoms with van der Waals surface area (Å²) in [7, 11) is 0. The normalized spacial score (nSPS) is 27.0. The van der Waals surface area contributed by atoms with Crippen molar-refractivity contribution >= 4 is 0 Å². The molecule has 2 aromatic rings. The van der Waals surface area contributed by atoms with Gasteiger partial charge < -0.3 is 19.3 Å². The van der Waals surface area contributed by atoms with Crippen molar-refractivity contribution in [2.75, 3.05) is 39.5 Å². The highest BCUT2D eigenvalue weighted by Gasteiger charge is 2.46. The molecule has 0 unspecified atom stereocenters. The molecule has 0 bridgehead atoms. The van der Waals surface area contributed by atoms with Gasteiger partial charge in [-0.3, -0.25) is 4.90 Å². The minimum absolute atomic E-state index is 0.0299. The zero-order valence-corrected chi connectivity index (χ0v) is 18.7. The first kappa shape index (κ1) is 22.3. The lowest BCUT2D eigenvalue weighted by molar-refractivity contribution is -0.211. The van der Waals surface area contributed by atoms with Crippen LogP contribution in [0, 0.1) is 11.8 Å². The van der Waals surface area contributed by atoms with Crippen molar-refractivity contribution in [1.29, 1.82) is 0 Å². The quantitative estimate of drug-likeness (QED) is 0.725. The molecule has 0 amide bonds. The first-order valence-electron chi connectivity index (χ1n) is 11.4. The number of nitrogens with zero attached hydrogens (tertiary/aromatic N) is 1. The van der Waals surface area contributed by atoms with Gasteiger partial charge in [0.25, 0.3) is 0 Å². The number of morpholine rings is 1. The molecule has 2 saturated heterocycles. The number of hydrogen-bond acceptors (Lipinski definition) is 5. The van der Waals surface area contributed by atoms with Crippen LogP contribution >= 0.6 is 0 Å². The lowest BCUT2D eigenvalue weighted by Gasteiger charge is -2.50. The molecule has 31 heavy (non-hydrogen) atoms. The van der Waals surface area contributed by atoms with Crippen LogP contribution in [0.2, 0.25) is 0 Å². The van der Waals surface area contributed by atoms with Gasteiger partial charge in [0.05, 0.1) is 25.9 Å². The lowest BCUT2D eigenvalue weighted by atomic mass is 9.75. The minimum Gasteiger partial charge on any atom is -0.491 e. The summed E-state index contributed by atoms with van der Waals surface area (Å²) in [4.78, 5) is 2.48. The zero-order chi connectivity index (χ0) is 21.7. The van der Waals surface area contributed by atoms with E-state index in [4.69, 9.17) is 19.3 Å². The average molecular weight is 426 g/mol. The Bertz CT molecular complexity index is 810. The Morgan fingerprint density at radius 2 is 1.90 bits per heavy atom. The van der Waals surface area contributed by atoms with Gasteiger partial charge in [0, 0.05) is 19.6 Å². The second-order valence-corrected chi connectivity index (χ2v) is 9.21. The maximum Gasteiger partial charge on any atom is 0.119 e. The Morgan fingerprint density at radius 1 is 1.13 bits per heavy atom. The molecule has 1 N–H and O–H groups in total. The molecule has 0 radical (unpaired) electrons. The van der Waals surface area contributed by atoms with Crippen molar-refractivity contribution < 1.29 is 19.3 Å². The largest absolute Gasteiger partial charge is 0.491 e. The molecule has 2 heterocycles. The van der Waals surface area contributed by atoms with Crippen molar-refractivity contribution in [3.05, 3.63) is 65.7 Å². The van der Waals surface area contributed by atoms with Crippen LogP contribution in [0.25, 0.3) is 0 Å². The van der Waals surface area contributed by atoms with Crippen LogP contribution in [0.5, 0.6) is 5.75 Å². The van der Waals surface area contributed by atoms with Gasteiger partial charge in [0.1, 0.15) is 18.0 Å². The fraction of sp³-hybridized carbons (Fsp3) is 0.538. The molecule has 0 saturated carbocycles. The number of aliphatic hydroxyl groups excluding tert-OH is 1. The van der Waals surface area contributed by atoms with E-state index in [1.165, 1.54) is 11.1 Å². The summed E-state index contributed by atoms with van der Waals surface area (Å²) >= 11 is 0. The molecular formula is C26H35NO4. The second-order valence-electron chi connectivity index (χ2n) is 9.21. The Hall–Kier alpha value is -1.92. The van der Waals surface area contributed by atoms with E-state index in [0.29, 0.717) is 25.0 Å². The maximum absolute atomic E-state index is 8.90. The van der Waals surface area contributed by atoms with Crippen LogP contribution in [-0.2, 0) is 16.0 Å². The average Bonchev–Trinajstić information content (AvgIpc) is 2.79. The van der Waals surface area contributed by atoms with E-state index in [2.05, 4.69) is 61.2 Å². The van der Waals surface area contributed by atoms with Gasteiger partial charge in [-0.15, -0.1) is 0 Å². The van der Waals surface area contributed by atoms with E-state index < -0.39 is 0 Å². The molecule has 2 aliphatic rings. The molecule has 4 rings (SSSR count). The standard InChI is InChI=1S/C26H35NO4/c1-20(2)24-16-26(19-30-25(24)22-6-4-3-5-7-22)18-27(12-14-31-26)17-21-8-10-23(11-9-21)29-15-13-28/h3-11,20,24-25,28H,12-19H2,1-2H3/t24-,25-,26-/m0/s1. The smallest absolute Gasteiger partial charge is 0.119 e. The Labute approximate surface area is 185 Å². The summed E-state index contributed by atoms with van der Waals surface area (Å²) in [6.45, 7) is 9.03. The molecule has 2 aliphatic heterocycles. The van der Waals surface area contributed by atoms with Gasteiger partial charge in [-0.25, -0.2) is 0 Å². The Morgan fingerprint density at radius 3 is 2.61 bits per heavy atom. The second kappa shape index (κ2) is 10.1. The Balaban J connectivity index is 1.41. The van der Waals surface area contributed by atoms with E-state index in [1.807, 2.05) is 12.1 Å². The molecule has 3 atom stereocenters. The molecule has 5 nitrogen and oxygen atoms in total. The molecule has 2 aromatic carbocycles.